The first kappa shape index (κ1) is 69.2. The largest absolute Gasteiger partial charge is 0.495 e. The smallest absolute Gasteiger partial charge is 0.273 e. The molecule has 5 aromatic rings. The highest BCUT2D eigenvalue weighted by Gasteiger charge is 2.32. The molecule has 7 aliphatic heterocycles. The van der Waals surface area contributed by atoms with Gasteiger partial charge in [0.25, 0.3) is 17.5 Å². The molecule has 574 valence electrons. The number of nitro benzene ring substituents is 1. The Hall–Kier alpha value is -6.89. The summed E-state index contributed by atoms with van der Waals surface area (Å²) < 4.78 is 126. The standard InChI is InChI=1S/C24H34ClN7O2.C17H26N4O3.C17H28N4O.C7H7Cl2N3O.C5H11NO.3CH4/c1-4-18-22(25)29-24(21(28-18)23(26)33)27-16-5-6-19(20(15-16)34-3)32-9-7-17(8-10-32)31-13-11-30(2)12-14-31;1-18-9-11-19(12-10-18)14-5-7-20(8-6-14)16-4-3-15(21(22)23)13-17(16)24-2;1-19-9-11-20(12-10-19)15-5-7-21(8-6-15)16-4-3-14(18)13-17(16)22-2;1-2-3-5(8)12-6(9)4(11-3)7(10)13;6-5-1-3-7-4-2-5;;;/h5-6,15,17H,4,7-14H2,1-3H3,(H2,26,33)(H,27,29);3-4,13-14H,5-12H2,1-2H3;3-4,13,15H,5-12,18H2,1-2H3;2H2,1H3,(H2,10,13);5H,1-4,6H2;3*1H4/i7D2,8D2;2*5D2,6D2;;;;;. The number of piperidine rings is 3. The summed E-state index contributed by atoms with van der Waals surface area (Å²) in [6.07, 6.45) is -7.44. The van der Waals surface area contributed by atoms with Crippen LogP contribution < -0.4 is 57.2 Å². The Morgan fingerprint density at radius 2 is 0.922 bits per heavy atom. The van der Waals surface area contributed by atoms with Gasteiger partial charge in [-0.1, -0.05) is 70.9 Å². The Morgan fingerprint density at radius 3 is 1.29 bits per heavy atom. The van der Waals surface area contributed by atoms with E-state index in [2.05, 4.69) is 40.0 Å². The van der Waals surface area contributed by atoms with E-state index in [1.54, 1.807) is 58.2 Å². The minimum atomic E-state index is -1.80. The van der Waals surface area contributed by atoms with Gasteiger partial charge >= 0.3 is 0 Å². The second-order valence-electron chi connectivity index (χ2n) is 24.7. The van der Waals surface area contributed by atoms with Crippen molar-refractivity contribution in [3.63, 3.8) is 0 Å². The minimum Gasteiger partial charge on any atom is -0.495 e. The minimum absolute atomic E-state index is 0. The van der Waals surface area contributed by atoms with E-state index in [1.807, 2.05) is 49.7 Å². The van der Waals surface area contributed by atoms with Crippen molar-refractivity contribution in [3.05, 3.63) is 103 Å². The molecule has 27 nitrogen and oxygen atoms in total. The topological polar surface area (TPSA) is 311 Å². The SMILES string of the molecule is C.C.C.CCc1nc(C(N)=O)c(Cl)nc1Cl.NC1CCOCC1.[2H]C1([2H])CN(c2ccc(N)cc2OC)CC([2H])([2H])C1N1CCN(C)CC1.[2H]C1([2H])CN(c2ccc(Nc3nc(Cl)c(CC)nc3C(N)=O)cc2OC)CC([2H])([2H])C1N1CCN(C)CC1.[2H]C1([2H])CN(c2ccc([N+](=O)[O-])cc2OC)CC([2H])([2H])C1N1CCN(C)CC1. The van der Waals surface area contributed by atoms with Gasteiger partial charge in [0, 0.05) is 201 Å². The number of methoxy groups -OCH3 is 3. The number of hydrogen-bond acceptors (Lipinski definition) is 24. The fourth-order valence-electron chi connectivity index (χ4n) is 11.7. The van der Waals surface area contributed by atoms with Crippen LogP contribution in [-0.2, 0) is 17.6 Å². The quantitative estimate of drug-likeness (QED) is 0.0349. The molecule has 0 aliphatic carbocycles. The molecule has 7 fully saturated rings. The van der Waals surface area contributed by atoms with E-state index >= 15 is 0 Å². The molecule has 0 spiro atoms. The summed E-state index contributed by atoms with van der Waals surface area (Å²) in [5.41, 5.74) is 25.4. The Balaban J connectivity index is 0.000000275. The lowest BCUT2D eigenvalue weighted by molar-refractivity contribution is -0.384. The molecule has 0 saturated carbocycles. The lowest BCUT2D eigenvalue weighted by Crippen LogP contribution is -2.52. The summed E-state index contributed by atoms with van der Waals surface area (Å²) in [5.74, 6) is -0.167. The van der Waals surface area contributed by atoms with Gasteiger partial charge in [0.05, 0.1) is 60.8 Å². The number of amides is 2. The third-order valence-electron chi connectivity index (χ3n) is 17.8. The van der Waals surface area contributed by atoms with Crippen molar-refractivity contribution < 1.29 is 49.9 Å². The van der Waals surface area contributed by atoms with E-state index in [4.69, 9.17) is 93.1 Å². The third-order valence-corrected chi connectivity index (χ3v) is 18.7. The maximum Gasteiger partial charge on any atom is 0.273 e. The van der Waals surface area contributed by atoms with Gasteiger partial charge in [0.1, 0.15) is 17.2 Å². The number of aromatic nitrogens is 4. The van der Waals surface area contributed by atoms with Crippen LogP contribution in [0.15, 0.2) is 54.6 Å². The lowest BCUT2D eigenvalue weighted by Gasteiger charge is -2.42. The number of nitrogens with two attached hydrogens (primary N) is 4. The van der Waals surface area contributed by atoms with Crippen molar-refractivity contribution in [2.24, 2.45) is 17.2 Å². The van der Waals surface area contributed by atoms with Crippen LogP contribution in [-0.4, -0.2) is 264 Å². The van der Waals surface area contributed by atoms with E-state index in [-0.39, 0.29) is 106 Å². The van der Waals surface area contributed by atoms with Gasteiger partial charge in [-0.2, -0.15) is 0 Å². The number of likely N-dealkylation sites (N-methyl/N-ethyl adjacent to an activating group) is 3. The second-order valence-corrected chi connectivity index (χ2v) is 25.8. The number of benzene rings is 3. The number of carbonyl (C=O) groups excluding carboxylic acids is 2. The first-order valence-corrected chi connectivity index (χ1v) is 34.6. The van der Waals surface area contributed by atoms with Crippen molar-refractivity contribution in [1.82, 2.24) is 49.3 Å². The van der Waals surface area contributed by atoms with Gasteiger partial charge in [0.2, 0.25) is 0 Å². The van der Waals surface area contributed by atoms with E-state index < -0.39 is 73.1 Å². The van der Waals surface area contributed by atoms with Crippen molar-refractivity contribution in [2.45, 2.75) is 124 Å². The van der Waals surface area contributed by atoms with Crippen molar-refractivity contribution in [3.8, 4) is 17.2 Å². The Kier molecular flexibility index (Phi) is 28.8. The molecule has 0 atom stereocenters. The molecule has 9 N–H and O–H groups in total. The van der Waals surface area contributed by atoms with Crippen LogP contribution in [0.2, 0.25) is 15.5 Å². The highest BCUT2D eigenvalue weighted by atomic mass is 35.5. The highest BCUT2D eigenvalue weighted by Crippen LogP contribution is 2.38. The first-order valence-electron chi connectivity index (χ1n) is 39.5. The fourth-order valence-corrected chi connectivity index (χ4v) is 12.5. The Bertz CT molecular complexity index is 3990. The zero-order valence-electron chi connectivity index (χ0n) is 70.4. The number of nitro groups is 1. The number of hydrogen-bond donors (Lipinski definition) is 5. The molecule has 2 amide bonds. The number of piperazine rings is 3. The van der Waals surface area contributed by atoms with Crippen LogP contribution in [0.3, 0.4) is 0 Å². The Labute approximate surface area is 644 Å². The fraction of sp³-hybridized carbons (Fsp3) is 0.616. The van der Waals surface area contributed by atoms with Gasteiger partial charge in [-0.3, -0.25) is 34.4 Å². The number of nitrogen functional groups attached to an aromatic ring is 1. The molecular weight excluding hydrogens is 1380 g/mol. The normalized spacial score (nSPS) is 23.2. The summed E-state index contributed by atoms with van der Waals surface area (Å²) in [4.78, 5) is 66.8. The molecule has 7 aliphatic rings. The Morgan fingerprint density at radius 1 is 0.553 bits per heavy atom. The van der Waals surface area contributed by atoms with Crippen LogP contribution >= 0.6 is 34.8 Å². The molecule has 30 heteroatoms. The van der Waals surface area contributed by atoms with E-state index in [9.17, 15) is 19.7 Å². The van der Waals surface area contributed by atoms with E-state index in [0.717, 1.165) is 65.3 Å². The maximum atomic E-state index is 12.0. The molecule has 9 heterocycles. The number of rotatable bonds is 16. The number of aryl methyl sites for hydroxylation is 2. The molecule has 0 radical (unpaired) electrons. The van der Waals surface area contributed by atoms with Crippen molar-refractivity contribution in [1.29, 1.82) is 0 Å². The zero-order valence-corrected chi connectivity index (χ0v) is 60.7. The molecular formula is C73H118Cl3N19O8. The number of carbonyl (C=O) groups is 2. The molecule has 0 bridgehead atoms. The van der Waals surface area contributed by atoms with Gasteiger partial charge in [-0.05, 0) is 115 Å². The lowest BCUT2D eigenvalue weighted by atomic mass is 10.0. The number of nitrogens with zero attached hydrogens (tertiary/aromatic N) is 14. The van der Waals surface area contributed by atoms with Crippen molar-refractivity contribution in [2.75, 3.05) is 199 Å². The van der Waals surface area contributed by atoms with Crippen molar-refractivity contribution >= 4 is 86.6 Å². The van der Waals surface area contributed by atoms with Gasteiger partial charge < -0.3 is 76.6 Å². The number of nitrogens with one attached hydrogen (secondary N) is 1. The first-order chi connectivity index (χ1) is 52.5. The molecule has 12 rings (SSSR count). The van der Waals surface area contributed by atoms with Crippen LogP contribution in [0, 0.1) is 10.1 Å². The summed E-state index contributed by atoms with van der Waals surface area (Å²) in [6.45, 7) is 14.3. The number of non-ortho nitro benzene ring substituents is 1. The van der Waals surface area contributed by atoms with Crippen LogP contribution in [0.4, 0.5) is 39.9 Å². The summed E-state index contributed by atoms with van der Waals surface area (Å²) >= 11 is 17.5. The molecule has 2 aromatic heterocycles. The molecule has 103 heavy (non-hydrogen) atoms. The van der Waals surface area contributed by atoms with Gasteiger partial charge in [0.15, 0.2) is 32.7 Å². The maximum absolute atomic E-state index is 12.0. The van der Waals surface area contributed by atoms with Crippen LogP contribution in [0.1, 0.15) is 136 Å². The predicted octanol–water partition coefficient (Wildman–Crippen LogP) is 9.55. The van der Waals surface area contributed by atoms with Crippen LogP contribution in [0.25, 0.3) is 0 Å². The van der Waals surface area contributed by atoms with E-state index in [0.29, 0.717) is 109 Å². The summed E-state index contributed by atoms with van der Waals surface area (Å²) in [6, 6.07) is 12.4. The monoisotopic (exact) mass is 1510 g/mol. The van der Waals surface area contributed by atoms with E-state index in [1.165, 1.54) is 32.4 Å². The van der Waals surface area contributed by atoms with Gasteiger partial charge in [-0.25, -0.2) is 19.9 Å². The number of ether oxygens (including phenoxy) is 4. The predicted molar refractivity (Wildman–Crippen MR) is 419 cm³/mol. The average molecular weight is 1510 g/mol. The highest BCUT2D eigenvalue weighted by molar-refractivity contribution is 6.34. The zero-order chi connectivity index (χ0) is 82.8. The molecule has 7 saturated heterocycles. The average Bonchev–Trinajstić information content (AvgIpc) is 0.794. The molecule has 0 unspecified atom stereocenters. The number of anilines is 6. The molecule has 3 aromatic carbocycles. The number of primary amides is 2. The second kappa shape index (κ2) is 42.9. The van der Waals surface area contributed by atoms with Gasteiger partial charge in [-0.15, -0.1) is 0 Å². The van der Waals surface area contributed by atoms with Crippen LogP contribution in [0.5, 0.6) is 17.2 Å². The summed E-state index contributed by atoms with van der Waals surface area (Å²) in [5, 5.41) is 14.3. The summed E-state index contributed by atoms with van der Waals surface area (Å²) in [7, 11) is 10.5. The number of halogens is 3. The third kappa shape index (κ3) is 24.9.